The minimum absolute atomic E-state index is 0.171. The molecule has 0 amide bonds. The molecule has 8 heteroatoms. The lowest BCUT2D eigenvalue weighted by Crippen LogP contribution is -2.35. The lowest BCUT2D eigenvalue weighted by Gasteiger charge is -2.23. The molecule has 1 unspecified atom stereocenters. The molecule has 0 aliphatic heterocycles. The van der Waals surface area contributed by atoms with Crippen LogP contribution in [0.5, 0.6) is 5.75 Å². The van der Waals surface area contributed by atoms with Crippen molar-refractivity contribution in [1.29, 1.82) is 0 Å². The predicted molar refractivity (Wildman–Crippen MR) is 106 cm³/mol. The summed E-state index contributed by atoms with van der Waals surface area (Å²) < 4.78 is 33.7. The Bertz CT molecular complexity index is 840. The van der Waals surface area contributed by atoms with Gasteiger partial charge in [-0.15, -0.1) is 0 Å². The third kappa shape index (κ3) is 5.59. The number of nitrogens with zero attached hydrogens (tertiary/aromatic N) is 1. The predicted octanol–water partition coefficient (Wildman–Crippen LogP) is 3.97. The maximum atomic E-state index is 12.8. The third-order valence-electron chi connectivity index (χ3n) is 3.64. The summed E-state index contributed by atoms with van der Waals surface area (Å²) in [6.45, 7) is 2.86. The zero-order valence-electron chi connectivity index (χ0n) is 14.9. The first-order chi connectivity index (χ1) is 12.2. The monoisotopic (exact) mass is 416 g/mol. The van der Waals surface area contributed by atoms with Crippen molar-refractivity contribution in [2.75, 3.05) is 27.2 Å². The SMILES string of the molecule is CCOc1ccc(S(=O)(=O)NC(CN(C)C)c2ccc(Cl)c(Cl)c2)cc1. The van der Waals surface area contributed by atoms with E-state index in [1.165, 1.54) is 12.1 Å². The summed E-state index contributed by atoms with van der Waals surface area (Å²) >= 11 is 12.1. The van der Waals surface area contributed by atoms with Gasteiger partial charge in [0.05, 0.1) is 27.6 Å². The fraction of sp³-hybridized carbons (Fsp3) is 0.333. The van der Waals surface area contributed by atoms with Crippen molar-refractivity contribution in [1.82, 2.24) is 9.62 Å². The van der Waals surface area contributed by atoms with Gasteiger partial charge in [-0.05, 0) is 63.0 Å². The first-order valence-electron chi connectivity index (χ1n) is 8.08. The molecule has 2 rings (SSSR count). The van der Waals surface area contributed by atoms with Gasteiger partial charge in [-0.2, -0.15) is 0 Å². The number of rotatable bonds is 8. The fourth-order valence-electron chi connectivity index (χ4n) is 2.44. The van der Waals surface area contributed by atoms with E-state index < -0.39 is 16.1 Å². The molecule has 2 aromatic carbocycles. The van der Waals surface area contributed by atoms with Crippen LogP contribution >= 0.6 is 23.2 Å². The molecule has 0 spiro atoms. The van der Waals surface area contributed by atoms with Crippen LogP contribution in [-0.2, 0) is 10.0 Å². The summed E-state index contributed by atoms with van der Waals surface area (Å²) in [5.74, 6) is 0.626. The average molecular weight is 417 g/mol. The van der Waals surface area contributed by atoms with E-state index in [1.54, 1.807) is 30.3 Å². The number of sulfonamides is 1. The Kier molecular flexibility index (Phi) is 7.32. The van der Waals surface area contributed by atoms with E-state index in [0.717, 1.165) is 5.56 Å². The highest BCUT2D eigenvalue weighted by Gasteiger charge is 2.22. The molecule has 0 heterocycles. The van der Waals surface area contributed by atoms with E-state index in [2.05, 4.69) is 4.72 Å². The van der Waals surface area contributed by atoms with E-state index >= 15 is 0 Å². The minimum atomic E-state index is -3.72. The van der Waals surface area contributed by atoms with Crippen LogP contribution in [0.25, 0.3) is 0 Å². The molecule has 142 valence electrons. The van der Waals surface area contributed by atoms with Crippen LogP contribution < -0.4 is 9.46 Å². The lowest BCUT2D eigenvalue weighted by molar-refractivity contribution is 0.340. The molecule has 0 saturated carbocycles. The Labute approximate surface area is 164 Å². The quantitative estimate of drug-likeness (QED) is 0.706. The first-order valence-corrected chi connectivity index (χ1v) is 10.3. The number of likely N-dealkylation sites (N-methyl/N-ethyl adjacent to an activating group) is 1. The third-order valence-corrected chi connectivity index (χ3v) is 5.86. The minimum Gasteiger partial charge on any atom is -0.494 e. The topological polar surface area (TPSA) is 58.6 Å². The molecular formula is C18H22Cl2N2O3S. The molecule has 0 saturated heterocycles. The van der Waals surface area contributed by atoms with Gasteiger partial charge in [-0.1, -0.05) is 29.3 Å². The number of halogens is 2. The van der Waals surface area contributed by atoms with Crippen molar-refractivity contribution >= 4 is 33.2 Å². The van der Waals surface area contributed by atoms with Gasteiger partial charge in [-0.25, -0.2) is 13.1 Å². The van der Waals surface area contributed by atoms with Crippen LogP contribution in [0.4, 0.5) is 0 Å². The van der Waals surface area contributed by atoms with Gasteiger partial charge < -0.3 is 9.64 Å². The second-order valence-corrected chi connectivity index (χ2v) is 8.54. The molecule has 0 aromatic heterocycles. The van der Waals surface area contributed by atoms with Crippen LogP contribution in [-0.4, -0.2) is 40.6 Å². The summed E-state index contributed by atoms with van der Waals surface area (Å²) in [5.41, 5.74) is 0.739. The van der Waals surface area contributed by atoms with Gasteiger partial charge in [0.2, 0.25) is 10.0 Å². The Balaban J connectivity index is 2.29. The highest BCUT2D eigenvalue weighted by atomic mass is 35.5. The van der Waals surface area contributed by atoms with Crippen LogP contribution in [0.2, 0.25) is 10.0 Å². The molecule has 1 atom stereocenters. The zero-order valence-corrected chi connectivity index (χ0v) is 17.2. The zero-order chi connectivity index (χ0) is 19.3. The van der Waals surface area contributed by atoms with Crippen molar-refractivity contribution in [3.8, 4) is 5.75 Å². The second kappa shape index (κ2) is 9.06. The Hall–Kier alpha value is -1.31. The summed E-state index contributed by atoms with van der Waals surface area (Å²) in [4.78, 5) is 2.07. The summed E-state index contributed by atoms with van der Waals surface area (Å²) in [6.07, 6.45) is 0. The Morgan fingerprint density at radius 3 is 2.27 bits per heavy atom. The maximum Gasteiger partial charge on any atom is 0.241 e. The lowest BCUT2D eigenvalue weighted by atomic mass is 10.1. The van der Waals surface area contributed by atoms with E-state index in [0.29, 0.717) is 28.9 Å². The van der Waals surface area contributed by atoms with E-state index in [9.17, 15) is 8.42 Å². The molecule has 0 aliphatic carbocycles. The fourth-order valence-corrected chi connectivity index (χ4v) is 3.96. The number of benzene rings is 2. The van der Waals surface area contributed by atoms with Gasteiger partial charge >= 0.3 is 0 Å². The van der Waals surface area contributed by atoms with Gasteiger partial charge in [0.1, 0.15) is 5.75 Å². The van der Waals surface area contributed by atoms with Crippen LogP contribution in [0.3, 0.4) is 0 Å². The molecular weight excluding hydrogens is 395 g/mol. The van der Waals surface area contributed by atoms with Crippen molar-refractivity contribution in [3.05, 3.63) is 58.1 Å². The molecule has 26 heavy (non-hydrogen) atoms. The molecule has 0 radical (unpaired) electrons. The molecule has 0 aliphatic rings. The number of nitrogens with one attached hydrogen (secondary N) is 1. The van der Waals surface area contributed by atoms with Crippen molar-refractivity contribution in [2.45, 2.75) is 17.9 Å². The number of ether oxygens (including phenoxy) is 1. The summed E-state index contributed by atoms with van der Waals surface area (Å²) in [5, 5.41) is 0.807. The second-order valence-electron chi connectivity index (χ2n) is 6.01. The largest absolute Gasteiger partial charge is 0.494 e. The van der Waals surface area contributed by atoms with E-state index in [4.69, 9.17) is 27.9 Å². The van der Waals surface area contributed by atoms with E-state index in [1.807, 2.05) is 25.9 Å². The summed E-state index contributed by atoms with van der Waals surface area (Å²) in [7, 11) is 0.0252. The Morgan fingerprint density at radius 1 is 1.08 bits per heavy atom. The smallest absolute Gasteiger partial charge is 0.241 e. The molecule has 0 bridgehead atoms. The van der Waals surface area contributed by atoms with Crippen LogP contribution in [0.1, 0.15) is 18.5 Å². The Morgan fingerprint density at radius 2 is 1.73 bits per heavy atom. The van der Waals surface area contributed by atoms with Crippen LogP contribution in [0.15, 0.2) is 47.4 Å². The van der Waals surface area contributed by atoms with Gasteiger partial charge in [0.25, 0.3) is 0 Å². The molecule has 5 nitrogen and oxygen atoms in total. The maximum absolute atomic E-state index is 12.8. The number of hydrogen-bond donors (Lipinski definition) is 1. The van der Waals surface area contributed by atoms with Crippen molar-refractivity contribution in [3.63, 3.8) is 0 Å². The molecule has 2 aromatic rings. The van der Waals surface area contributed by atoms with Gasteiger partial charge in [0.15, 0.2) is 0 Å². The van der Waals surface area contributed by atoms with Crippen LogP contribution in [0, 0.1) is 0 Å². The highest BCUT2D eigenvalue weighted by Crippen LogP contribution is 2.27. The standard InChI is InChI=1S/C18H22Cl2N2O3S/c1-4-25-14-6-8-15(9-7-14)26(23,24)21-18(12-22(2)3)13-5-10-16(19)17(20)11-13/h5-11,18,21H,4,12H2,1-3H3. The molecule has 0 fully saturated rings. The van der Waals surface area contributed by atoms with Gasteiger partial charge in [-0.3, -0.25) is 0 Å². The van der Waals surface area contributed by atoms with E-state index in [-0.39, 0.29) is 4.90 Å². The number of hydrogen-bond acceptors (Lipinski definition) is 4. The van der Waals surface area contributed by atoms with Crippen molar-refractivity contribution in [2.24, 2.45) is 0 Å². The highest BCUT2D eigenvalue weighted by molar-refractivity contribution is 7.89. The average Bonchev–Trinajstić information content (AvgIpc) is 2.57. The molecule has 1 N–H and O–H groups in total. The van der Waals surface area contributed by atoms with Gasteiger partial charge in [0, 0.05) is 6.54 Å². The first kappa shape index (κ1) is 21.0. The normalized spacial score (nSPS) is 13.0. The summed E-state index contributed by atoms with van der Waals surface area (Å²) in [6, 6.07) is 11.0. The van der Waals surface area contributed by atoms with Crippen molar-refractivity contribution < 1.29 is 13.2 Å².